The van der Waals surface area contributed by atoms with Crippen molar-refractivity contribution in [2.75, 3.05) is 7.11 Å². The number of nitrogens with two attached hydrogens (primary N) is 1. The fourth-order valence-corrected chi connectivity index (χ4v) is 2.56. The summed E-state index contributed by atoms with van der Waals surface area (Å²) in [6.07, 6.45) is -0.123. The van der Waals surface area contributed by atoms with Crippen molar-refractivity contribution in [1.82, 2.24) is 5.43 Å². The number of ether oxygens (including phenoxy) is 1. The molecule has 0 fully saturated rings. The van der Waals surface area contributed by atoms with Gasteiger partial charge in [-0.15, -0.1) is 0 Å². The number of benzene rings is 2. The van der Waals surface area contributed by atoms with Crippen LogP contribution >= 0.6 is 0 Å². The molecule has 2 atom stereocenters. The maximum Gasteiger partial charge on any atom is 0.103 e. The summed E-state index contributed by atoms with van der Waals surface area (Å²) < 4.78 is 5.70. The second-order valence-corrected chi connectivity index (χ2v) is 5.00. The largest absolute Gasteiger partial charge is 0.375 e. The van der Waals surface area contributed by atoms with Crippen LogP contribution in [0.4, 0.5) is 0 Å². The van der Waals surface area contributed by atoms with Crippen LogP contribution in [0.25, 0.3) is 0 Å². The molecule has 3 N–H and O–H groups in total. The minimum absolute atomic E-state index is 0.0812. The van der Waals surface area contributed by atoms with Crippen LogP contribution in [-0.2, 0) is 4.74 Å². The summed E-state index contributed by atoms with van der Waals surface area (Å²) in [5.41, 5.74) is 7.69. The van der Waals surface area contributed by atoms with E-state index in [0.29, 0.717) is 0 Å². The molecule has 0 saturated heterocycles. The summed E-state index contributed by atoms with van der Waals surface area (Å²) in [4.78, 5) is 0. The highest BCUT2D eigenvalue weighted by atomic mass is 16.5. The van der Waals surface area contributed by atoms with E-state index in [1.165, 1.54) is 16.7 Å². The molecule has 2 rings (SSSR count). The topological polar surface area (TPSA) is 47.3 Å². The molecule has 0 aliphatic rings. The highest BCUT2D eigenvalue weighted by Gasteiger charge is 2.25. The van der Waals surface area contributed by atoms with Gasteiger partial charge in [0, 0.05) is 7.11 Å². The number of nitrogens with one attached hydrogen (secondary N) is 1. The fourth-order valence-electron chi connectivity index (χ4n) is 2.56. The molecule has 20 heavy (non-hydrogen) atoms. The van der Waals surface area contributed by atoms with Crippen molar-refractivity contribution >= 4 is 0 Å². The van der Waals surface area contributed by atoms with Crippen LogP contribution in [0.1, 0.15) is 34.4 Å². The summed E-state index contributed by atoms with van der Waals surface area (Å²) in [6.45, 7) is 4.23. The second kappa shape index (κ2) is 6.66. The third-order valence-electron chi connectivity index (χ3n) is 3.85. The maximum atomic E-state index is 5.81. The average Bonchev–Trinajstić information content (AvgIpc) is 2.49. The van der Waals surface area contributed by atoms with Crippen molar-refractivity contribution in [3.05, 3.63) is 70.8 Å². The molecule has 106 valence electrons. The molecular weight excluding hydrogens is 248 g/mol. The first-order chi connectivity index (χ1) is 9.69. The molecule has 0 aromatic heterocycles. The monoisotopic (exact) mass is 270 g/mol. The minimum Gasteiger partial charge on any atom is -0.375 e. The zero-order chi connectivity index (χ0) is 14.5. The van der Waals surface area contributed by atoms with Crippen LogP contribution in [0.2, 0.25) is 0 Å². The Kier molecular flexibility index (Phi) is 4.90. The van der Waals surface area contributed by atoms with Gasteiger partial charge in [-0.3, -0.25) is 5.84 Å². The first kappa shape index (κ1) is 14.7. The van der Waals surface area contributed by atoms with Gasteiger partial charge in [-0.25, -0.2) is 5.43 Å². The maximum absolute atomic E-state index is 5.81. The van der Waals surface area contributed by atoms with Gasteiger partial charge >= 0.3 is 0 Å². The standard InChI is InChI=1S/C17H22N2O/c1-12-8-7-11-15(13(12)2)16(19-18)17(20-3)14-9-5-4-6-10-14/h4-11,16-17,19H,18H2,1-3H3. The second-order valence-electron chi connectivity index (χ2n) is 5.00. The quantitative estimate of drug-likeness (QED) is 0.648. The molecule has 2 unspecified atom stereocenters. The molecule has 0 radical (unpaired) electrons. The lowest BCUT2D eigenvalue weighted by Gasteiger charge is -2.28. The van der Waals surface area contributed by atoms with Gasteiger partial charge in [-0.2, -0.15) is 0 Å². The Morgan fingerprint density at radius 1 is 1.00 bits per heavy atom. The summed E-state index contributed by atoms with van der Waals surface area (Å²) in [5, 5.41) is 0. The van der Waals surface area contributed by atoms with Gasteiger partial charge in [-0.05, 0) is 36.1 Å². The lowest BCUT2D eigenvalue weighted by Crippen LogP contribution is -2.34. The van der Waals surface area contributed by atoms with E-state index >= 15 is 0 Å². The number of hydrazine groups is 1. The number of methoxy groups -OCH3 is 1. The van der Waals surface area contributed by atoms with Crippen LogP contribution in [-0.4, -0.2) is 7.11 Å². The van der Waals surface area contributed by atoms with Crippen LogP contribution in [0.3, 0.4) is 0 Å². The van der Waals surface area contributed by atoms with E-state index in [1.807, 2.05) is 18.2 Å². The highest BCUT2D eigenvalue weighted by molar-refractivity contribution is 5.37. The van der Waals surface area contributed by atoms with Crippen LogP contribution in [0.5, 0.6) is 0 Å². The first-order valence-electron chi connectivity index (χ1n) is 6.79. The van der Waals surface area contributed by atoms with Crippen molar-refractivity contribution in [2.24, 2.45) is 5.84 Å². The summed E-state index contributed by atoms with van der Waals surface area (Å²) in [6, 6.07) is 16.3. The molecule has 2 aromatic carbocycles. The molecule has 0 spiro atoms. The highest BCUT2D eigenvalue weighted by Crippen LogP contribution is 2.33. The number of rotatable bonds is 5. The Labute approximate surface area is 120 Å². The molecule has 0 saturated carbocycles. The van der Waals surface area contributed by atoms with E-state index < -0.39 is 0 Å². The van der Waals surface area contributed by atoms with E-state index in [-0.39, 0.29) is 12.1 Å². The first-order valence-corrected chi connectivity index (χ1v) is 6.79. The summed E-state index contributed by atoms with van der Waals surface area (Å²) >= 11 is 0. The van der Waals surface area contributed by atoms with Crippen molar-refractivity contribution < 1.29 is 4.74 Å². The zero-order valence-corrected chi connectivity index (χ0v) is 12.3. The summed E-state index contributed by atoms with van der Waals surface area (Å²) in [7, 11) is 1.72. The number of hydrogen-bond acceptors (Lipinski definition) is 3. The third-order valence-corrected chi connectivity index (χ3v) is 3.85. The predicted molar refractivity (Wildman–Crippen MR) is 82.2 cm³/mol. The lowest BCUT2D eigenvalue weighted by molar-refractivity contribution is 0.0674. The minimum atomic E-state index is -0.123. The number of hydrogen-bond donors (Lipinski definition) is 2. The Balaban J connectivity index is 2.42. The molecule has 0 bridgehead atoms. The van der Waals surface area contributed by atoms with E-state index in [4.69, 9.17) is 10.6 Å². The Morgan fingerprint density at radius 3 is 2.30 bits per heavy atom. The van der Waals surface area contributed by atoms with Crippen molar-refractivity contribution in [3.8, 4) is 0 Å². The molecule has 0 aliphatic heterocycles. The third kappa shape index (κ3) is 2.90. The van der Waals surface area contributed by atoms with Crippen molar-refractivity contribution in [2.45, 2.75) is 26.0 Å². The van der Waals surface area contributed by atoms with Crippen molar-refractivity contribution in [3.63, 3.8) is 0 Å². The van der Waals surface area contributed by atoms with Gasteiger partial charge in [0.15, 0.2) is 0 Å². The number of aryl methyl sites for hydroxylation is 1. The van der Waals surface area contributed by atoms with Crippen LogP contribution < -0.4 is 11.3 Å². The molecule has 3 nitrogen and oxygen atoms in total. The smallest absolute Gasteiger partial charge is 0.103 e. The van der Waals surface area contributed by atoms with E-state index in [1.54, 1.807) is 7.11 Å². The molecule has 0 heterocycles. The SMILES string of the molecule is COC(c1ccccc1)C(NN)c1cccc(C)c1C. The average molecular weight is 270 g/mol. The molecule has 0 aliphatic carbocycles. The Morgan fingerprint density at radius 2 is 1.70 bits per heavy atom. The van der Waals surface area contributed by atoms with Gasteiger partial charge in [0.05, 0.1) is 6.04 Å². The molecule has 3 heteroatoms. The van der Waals surface area contributed by atoms with Gasteiger partial charge < -0.3 is 4.74 Å². The van der Waals surface area contributed by atoms with Gasteiger partial charge in [0.1, 0.15) is 6.10 Å². The van der Waals surface area contributed by atoms with E-state index in [0.717, 1.165) is 5.56 Å². The summed E-state index contributed by atoms with van der Waals surface area (Å²) in [5.74, 6) is 5.81. The van der Waals surface area contributed by atoms with Gasteiger partial charge in [0.2, 0.25) is 0 Å². The predicted octanol–water partition coefficient (Wildman–Crippen LogP) is 3.20. The van der Waals surface area contributed by atoms with E-state index in [2.05, 4.69) is 49.6 Å². The lowest BCUT2D eigenvalue weighted by atomic mass is 9.91. The molecule has 2 aromatic rings. The molecule has 0 amide bonds. The van der Waals surface area contributed by atoms with Crippen LogP contribution in [0, 0.1) is 13.8 Å². The fraction of sp³-hybridized carbons (Fsp3) is 0.294. The Bertz CT molecular complexity index is 554. The molecular formula is C17H22N2O. The zero-order valence-electron chi connectivity index (χ0n) is 12.3. The normalized spacial score (nSPS) is 14.0. The van der Waals surface area contributed by atoms with Gasteiger partial charge in [0.25, 0.3) is 0 Å². The van der Waals surface area contributed by atoms with Gasteiger partial charge in [-0.1, -0.05) is 48.5 Å². The van der Waals surface area contributed by atoms with E-state index in [9.17, 15) is 0 Å². The van der Waals surface area contributed by atoms with Crippen molar-refractivity contribution in [1.29, 1.82) is 0 Å². The Hall–Kier alpha value is -1.68. The van der Waals surface area contributed by atoms with Crippen LogP contribution in [0.15, 0.2) is 48.5 Å².